The van der Waals surface area contributed by atoms with Crippen LogP contribution in [0.2, 0.25) is 0 Å². The number of amides is 1. The van der Waals surface area contributed by atoms with Gasteiger partial charge in [-0.2, -0.15) is 0 Å². The Balaban J connectivity index is 1.61. The van der Waals surface area contributed by atoms with Gasteiger partial charge in [0.15, 0.2) is 5.78 Å². The molecule has 1 fully saturated rings. The maximum Gasteiger partial charge on any atom is 0.258 e. The maximum absolute atomic E-state index is 13.1. The molecule has 0 bridgehead atoms. The number of hydrogen-bond acceptors (Lipinski definition) is 4. The Kier molecular flexibility index (Phi) is 4.81. The van der Waals surface area contributed by atoms with Crippen molar-refractivity contribution >= 4 is 17.4 Å². The van der Waals surface area contributed by atoms with Crippen molar-refractivity contribution in [1.29, 1.82) is 0 Å². The molecule has 1 saturated heterocycles. The van der Waals surface area contributed by atoms with Crippen molar-refractivity contribution < 1.29 is 19.1 Å². The van der Waals surface area contributed by atoms with Gasteiger partial charge in [-0.3, -0.25) is 9.59 Å². The predicted octanol–water partition coefficient (Wildman–Crippen LogP) is 2.98. The molecule has 0 aromatic heterocycles. The van der Waals surface area contributed by atoms with E-state index < -0.39 is 6.10 Å². The van der Waals surface area contributed by atoms with Crippen molar-refractivity contribution in [2.45, 2.75) is 24.4 Å². The topological polar surface area (TPSA) is 55.8 Å². The van der Waals surface area contributed by atoms with Crippen molar-refractivity contribution in [3.8, 4) is 0 Å². The number of methoxy groups -OCH3 is 1. The lowest BCUT2D eigenvalue weighted by Crippen LogP contribution is -2.38. The van der Waals surface area contributed by atoms with E-state index in [1.807, 2.05) is 53.4 Å². The van der Waals surface area contributed by atoms with E-state index in [0.29, 0.717) is 38.2 Å². The smallest absolute Gasteiger partial charge is 0.258 e. The van der Waals surface area contributed by atoms with E-state index in [4.69, 9.17) is 9.47 Å². The minimum atomic E-state index is -0.431. The van der Waals surface area contributed by atoms with Gasteiger partial charge >= 0.3 is 0 Å². The van der Waals surface area contributed by atoms with Crippen molar-refractivity contribution in [2.24, 2.45) is 0 Å². The number of benzene rings is 2. The third-order valence-electron chi connectivity index (χ3n) is 5.54. The number of para-hydroxylation sites is 1. The number of hydrogen-bond donors (Lipinski definition) is 0. The number of carbonyl (C=O) groups is 2. The molecule has 2 heterocycles. The third-order valence-corrected chi connectivity index (χ3v) is 5.54. The first-order chi connectivity index (χ1) is 13.1. The molecule has 0 saturated carbocycles. The summed E-state index contributed by atoms with van der Waals surface area (Å²) in [4.78, 5) is 27.3. The Morgan fingerprint density at radius 1 is 1.15 bits per heavy atom. The van der Waals surface area contributed by atoms with E-state index in [1.54, 1.807) is 7.11 Å². The van der Waals surface area contributed by atoms with Gasteiger partial charge in [-0.05, 0) is 30.2 Å². The average molecular weight is 365 g/mol. The van der Waals surface area contributed by atoms with Gasteiger partial charge in [0.1, 0.15) is 6.10 Å². The molecule has 1 spiro atoms. The van der Waals surface area contributed by atoms with Crippen molar-refractivity contribution in [1.82, 2.24) is 0 Å². The standard InChI is InChI=1S/C22H23NO4/c1-26-12-11-19(24)20-13-22(15-27-20)14-23(18-10-6-5-9-17(18)22)21(25)16-7-3-2-4-8-16/h2-10,20H,11-15H2,1H3. The van der Waals surface area contributed by atoms with E-state index in [0.717, 1.165) is 11.3 Å². The van der Waals surface area contributed by atoms with Gasteiger partial charge in [0.2, 0.25) is 0 Å². The number of ether oxygens (including phenoxy) is 2. The molecular formula is C22H23NO4. The van der Waals surface area contributed by atoms with Crippen LogP contribution in [-0.4, -0.2) is 44.7 Å². The van der Waals surface area contributed by atoms with Crippen LogP contribution in [0, 0.1) is 0 Å². The molecule has 2 aliphatic heterocycles. The van der Waals surface area contributed by atoms with Crippen molar-refractivity contribution in [2.75, 3.05) is 31.8 Å². The van der Waals surface area contributed by atoms with Crippen LogP contribution in [0.25, 0.3) is 0 Å². The van der Waals surface area contributed by atoms with Crippen LogP contribution in [-0.2, 0) is 19.7 Å². The number of rotatable bonds is 5. The Morgan fingerprint density at radius 3 is 2.67 bits per heavy atom. The van der Waals surface area contributed by atoms with Crippen LogP contribution in [0.4, 0.5) is 5.69 Å². The lowest BCUT2D eigenvalue weighted by molar-refractivity contribution is -0.128. The zero-order valence-corrected chi connectivity index (χ0v) is 15.4. The van der Waals surface area contributed by atoms with Crippen LogP contribution >= 0.6 is 0 Å². The molecule has 1 amide bonds. The van der Waals surface area contributed by atoms with Gasteiger partial charge in [0.25, 0.3) is 5.91 Å². The minimum Gasteiger partial charge on any atom is -0.384 e. The van der Waals surface area contributed by atoms with Gasteiger partial charge in [-0.25, -0.2) is 0 Å². The molecule has 2 unspecified atom stereocenters. The van der Waals surface area contributed by atoms with Crippen LogP contribution in [0.3, 0.4) is 0 Å². The number of carbonyl (C=O) groups excluding carboxylic acids is 2. The Bertz CT molecular complexity index is 850. The molecule has 0 N–H and O–H groups in total. The second-order valence-electron chi connectivity index (χ2n) is 7.27. The molecule has 4 rings (SSSR count). The largest absolute Gasteiger partial charge is 0.384 e. The van der Waals surface area contributed by atoms with Gasteiger partial charge in [-0.15, -0.1) is 0 Å². The molecule has 140 valence electrons. The van der Waals surface area contributed by atoms with Gasteiger partial charge in [0.05, 0.1) is 13.2 Å². The first-order valence-electron chi connectivity index (χ1n) is 9.24. The molecule has 2 aliphatic rings. The second kappa shape index (κ2) is 7.25. The van der Waals surface area contributed by atoms with Crippen molar-refractivity contribution in [3.63, 3.8) is 0 Å². The summed E-state index contributed by atoms with van der Waals surface area (Å²) in [5, 5.41) is 0. The first-order valence-corrected chi connectivity index (χ1v) is 9.24. The first kappa shape index (κ1) is 17.9. The summed E-state index contributed by atoms with van der Waals surface area (Å²) < 4.78 is 10.9. The molecule has 2 atom stereocenters. The summed E-state index contributed by atoms with van der Waals surface area (Å²) in [6.07, 6.45) is 0.524. The molecule has 0 aliphatic carbocycles. The molecule has 2 aromatic carbocycles. The zero-order valence-electron chi connectivity index (χ0n) is 15.4. The normalized spacial score (nSPS) is 23.6. The maximum atomic E-state index is 13.1. The summed E-state index contributed by atoms with van der Waals surface area (Å²) in [6.45, 7) is 1.39. The molecule has 0 radical (unpaired) electrons. The minimum absolute atomic E-state index is 0.0194. The lowest BCUT2D eigenvalue weighted by Gasteiger charge is -2.23. The van der Waals surface area contributed by atoms with E-state index in [-0.39, 0.29) is 17.1 Å². The monoisotopic (exact) mass is 365 g/mol. The number of Topliss-reactive ketones (excluding diaryl/α,β-unsaturated/α-hetero) is 1. The highest BCUT2D eigenvalue weighted by atomic mass is 16.5. The molecule has 27 heavy (non-hydrogen) atoms. The van der Waals surface area contributed by atoms with Crippen LogP contribution < -0.4 is 4.90 Å². The highest BCUT2D eigenvalue weighted by Gasteiger charge is 2.51. The SMILES string of the molecule is COCCC(=O)C1CC2(CO1)CN(C(=O)c1ccccc1)c1ccccc12. The van der Waals surface area contributed by atoms with Gasteiger partial charge in [-0.1, -0.05) is 36.4 Å². The van der Waals surface area contributed by atoms with E-state index >= 15 is 0 Å². The molecule has 2 aromatic rings. The summed E-state index contributed by atoms with van der Waals surface area (Å²) in [7, 11) is 1.59. The van der Waals surface area contributed by atoms with E-state index in [9.17, 15) is 9.59 Å². The summed E-state index contributed by atoms with van der Waals surface area (Å²) >= 11 is 0. The fourth-order valence-electron chi connectivity index (χ4n) is 4.15. The second-order valence-corrected chi connectivity index (χ2v) is 7.27. The molecule has 5 nitrogen and oxygen atoms in total. The highest BCUT2D eigenvalue weighted by molar-refractivity contribution is 6.07. The Hall–Kier alpha value is -2.50. The summed E-state index contributed by atoms with van der Waals surface area (Å²) in [6, 6.07) is 17.3. The number of fused-ring (bicyclic) bond motifs is 2. The number of nitrogens with zero attached hydrogens (tertiary/aromatic N) is 1. The van der Waals surface area contributed by atoms with Crippen LogP contribution in [0.1, 0.15) is 28.8 Å². The van der Waals surface area contributed by atoms with Crippen LogP contribution in [0.15, 0.2) is 54.6 Å². The number of ketones is 1. The molecule has 5 heteroatoms. The third kappa shape index (κ3) is 3.17. The molecular weight excluding hydrogens is 342 g/mol. The fraction of sp³-hybridized carbons (Fsp3) is 0.364. The Morgan fingerprint density at radius 2 is 1.89 bits per heavy atom. The highest BCUT2D eigenvalue weighted by Crippen LogP contribution is 2.47. The van der Waals surface area contributed by atoms with Crippen molar-refractivity contribution in [3.05, 3.63) is 65.7 Å². The summed E-state index contributed by atoms with van der Waals surface area (Å²) in [5.74, 6) is 0.0492. The van der Waals surface area contributed by atoms with E-state index in [1.165, 1.54) is 0 Å². The van der Waals surface area contributed by atoms with Gasteiger partial charge < -0.3 is 14.4 Å². The number of anilines is 1. The summed E-state index contributed by atoms with van der Waals surface area (Å²) in [5.41, 5.74) is 2.35. The fourth-order valence-corrected chi connectivity index (χ4v) is 4.15. The Labute approximate surface area is 158 Å². The zero-order chi connectivity index (χ0) is 18.9. The predicted molar refractivity (Wildman–Crippen MR) is 102 cm³/mol. The lowest BCUT2D eigenvalue weighted by atomic mass is 9.79. The average Bonchev–Trinajstić information content (AvgIpc) is 3.29. The van der Waals surface area contributed by atoms with Gasteiger partial charge in [0, 0.05) is 36.7 Å². The van der Waals surface area contributed by atoms with E-state index in [2.05, 4.69) is 6.07 Å². The van der Waals surface area contributed by atoms with Crippen LogP contribution in [0.5, 0.6) is 0 Å². The quantitative estimate of drug-likeness (QED) is 0.817.